The quantitative estimate of drug-likeness (QED) is 0.589. The molecule has 0 aliphatic carbocycles. The molecule has 1 atom stereocenters. The zero-order chi connectivity index (χ0) is 23.0. The molecule has 5 rings (SSSR count). The Morgan fingerprint density at radius 1 is 1.12 bits per heavy atom. The molecule has 0 aromatic carbocycles. The highest BCUT2D eigenvalue weighted by atomic mass is 32.2. The van der Waals surface area contributed by atoms with Crippen molar-refractivity contribution in [3.8, 4) is 11.3 Å². The summed E-state index contributed by atoms with van der Waals surface area (Å²) in [7, 11) is -2.02. The lowest BCUT2D eigenvalue weighted by atomic mass is 10.1. The molecule has 3 aliphatic heterocycles. The predicted octanol–water partition coefficient (Wildman–Crippen LogP) is -0.356. The van der Waals surface area contributed by atoms with E-state index in [9.17, 15) is 8.42 Å². The molecule has 12 nitrogen and oxygen atoms in total. The molecule has 13 heteroatoms. The van der Waals surface area contributed by atoms with Crippen molar-refractivity contribution in [3.05, 3.63) is 18.0 Å². The normalized spacial score (nSPS) is 21.9. The molecular formula is C20H29N9O3S. The Balaban J connectivity index is 1.53. The highest BCUT2D eigenvalue weighted by Gasteiger charge is 2.36. The Kier molecular flexibility index (Phi) is 6.03. The van der Waals surface area contributed by atoms with Crippen LogP contribution in [0.15, 0.2) is 12.4 Å². The molecule has 2 fully saturated rings. The number of morpholine rings is 1. The molecule has 0 spiro atoms. The Morgan fingerprint density at radius 3 is 2.61 bits per heavy atom. The van der Waals surface area contributed by atoms with Gasteiger partial charge in [-0.2, -0.15) is 17.7 Å². The molecule has 0 bridgehead atoms. The summed E-state index contributed by atoms with van der Waals surface area (Å²) < 4.78 is 34.3. The van der Waals surface area contributed by atoms with Crippen LogP contribution in [0, 0.1) is 0 Å². The Labute approximate surface area is 193 Å². The van der Waals surface area contributed by atoms with Gasteiger partial charge in [0.1, 0.15) is 5.82 Å². The lowest BCUT2D eigenvalue weighted by molar-refractivity contribution is 0.122. The number of fused-ring (bicyclic) bond motifs is 1. The van der Waals surface area contributed by atoms with Crippen molar-refractivity contribution in [2.75, 3.05) is 68.5 Å². The predicted molar refractivity (Wildman–Crippen MR) is 124 cm³/mol. The van der Waals surface area contributed by atoms with Crippen LogP contribution in [0.4, 0.5) is 17.7 Å². The van der Waals surface area contributed by atoms with E-state index < -0.39 is 10.2 Å². The van der Waals surface area contributed by atoms with E-state index >= 15 is 0 Å². The molecular weight excluding hydrogens is 446 g/mol. The second-order valence-corrected chi connectivity index (χ2v) is 10.3. The Morgan fingerprint density at radius 2 is 1.88 bits per heavy atom. The first-order chi connectivity index (χ1) is 16.0. The van der Waals surface area contributed by atoms with Gasteiger partial charge in [0.05, 0.1) is 18.9 Å². The van der Waals surface area contributed by atoms with E-state index in [0.29, 0.717) is 45.3 Å². The third kappa shape index (κ3) is 4.33. The van der Waals surface area contributed by atoms with Gasteiger partial charge in [-0.25, -0.2) is 19.7 Å². The van der Waals surface area contributed by atoms with Crippen LogP contribution in [0.5, 0.6) is 0 Å². The van der Waals surface area contributed by atoms with Crippen molar-refractivity contribution in [2.45, 2.75) is 25.3 Å². The molecule has 0 saturated carbocycles. The van der Waals surface area contributed by atoms with Crippen LogP contribution in [0.2, 0.25) is 0 Å². The fraction of sp³-hybridized carbons (Fsp3) is 0.600. The van der Waals surface area contributed by atoms with Crippen LogP contribution in [0.3, 0.4) is 0 Å². The zero-order valence-electron chi connectivity index (χ0n) is 18.6. The van der Waals surface area contributed by atoms with E-state index in [-0.39, 0.29) is 12.0 Å². The lowest BCUT2D eigenvalue weighted by Gasteiger charge is -2.37. The monoisotopic (exact) mass is 475 g/mol. The molecule has 0 radical (unpaired) electrons. The minimum absolute atomic E-state index is 0.0473. The Hall–Kier alpha value is -2.61. The standard InChI is InChI=1S/C20H29N9O3S/c1-22-33(30,31)28-5-2-3-15(13-28)29-6-4-16-17(14-11-23-19(21)24-12-14)25-20(26-18(16)29)27-7-9-32-10-8-27/h11-12,15,22H,2-10,13H2,1H3,(H2,21,23,24). The van der Waals surface area contributed by atoms with Crippen LogP contribution < -0.4 is 20.3 Å². The highest BCUT2D eigenvalue weighted by Crippen LogP contribution is 2.37. The SMILES string of the molecule is CNS(=O)(=O)N1CCCC(N2CCc3c(-c4cnc(N)nc4)nc(N4CCOCC4)nc32)C1. The topological polar surface area (TPSA) is 143 Å². The summed E-state index contributed by atoms with van der Waals surface area (Å²) in [6.07, 6.45) is 5.87. The number of rotatable bonds is 5. The van der Waals surface area contributed by atoms with E-state index in [2.05, 4.69) is 24.5 Å². The summed E-state index contributed by atoms with van der Waals surface area (Å²) in [5.41, 5.74) is 8.33. The van der Waals surface area contributed by atoms with Crippen molar-refractivity contribution in [1.82, 2.24) is 29.0 Å². The number of anilines is 3. The molecule has 2 saturated heterocycles. The number of aromatic nitrogens is 4. The number of hydrogen-bond donors (Lipinski definition) is 2. The van der Waals surface area contributed by atoms with Crippen LogP contribution >= 0.6 is 0 Å². The number of hydrogen-bond acceptors (Lipinski definition) is 10. The van der Waals surface area contributed by atoms with Crippen molar-refractivity contribution >= 4 is 27.9 Å². The number of ether oxygens (including phenoxy) is 1. The maximum atomic E-state index is 12.4. The molecule has 33 heavy (non-hydrogen) atoms. The van der Waals surface area contributed by atoms with Crippen LogP contribution in [-0.4, -0.2) is 91.7 Å². The third-order valence-electron chi connectivity index (χ3n) is 6.49. The molecule has 3 aliphatic rings. The lowest BCUT2D eigenvalue weighted by Crippen LogP contribution is -2.52. The van der Waals surface area contributed by atoms with Gasteiger partial charge in [0, 0.05) is 69.3 Å². The number of nitrogens with zero attached hydrogens (tertiary/aromatic N) is 7. The van der Waals surface area contributed by atoms with Crippen LogP contribution in [-0.2, 0) is 21.4 Å². The van der Waals surface area contributed by atoms with Gasteiger partial charge in [0.2, 0.25) is 11.9 Å². The zero-order valence-corrected chi connectivity index (χ0v) is 19.5. The molecule has 5 heterocycles. The van der Waals surface area contributed by atoms with Gasteiger partial charge in [0.15, 0.2) is 0 Å². The fourth-order valence-corrected chi connectivity index (χ4v) is 5.74. The molecule has 1 unspecified atom stereocenters. The molecule has 0 amide bonds. The van der Waals surface area contributed by atoms with Crippen molar-refractivity contribution in [3.63, 3.8) is 0 Å². The minimum Gasteiger partial charge on any atom is -0.378 e. The smallest absolute Gasteiger partial charge is 0.279 e. The Bertz CT molecular complexity index is 1110. The number of piperidine rings is 1. The van der Waals surface area contributed by atoms with E-state index in [0.717, 1.165) is 48.4 Å². The number of nitrogens with one attached hydrogen (secondary N) is 1. The van der Waals surface area contributed by atoms with Gasteiger partial charge in [-0.15, -0.1) is 0 Å². The van der Waals surface area contributed by atoms with Crippen molar-refractivity contribution < 1.29 is 13.2 Å². The van der Waals surface area contributed by atoms with E-state index in [1.54, 1.807) is 12.4 Å². The summed E-state index contributed by atoms with van der Waals surface area (Å²) in [4.78, 5) is 22.6. The van der Waals surface area contributed by atoms with E-state index in [1.807, 2.05) is 0 Å². The maximum absolute atomic E-state index is 12.4. The average Bonchev–Trinajstić information content (AvgIpc) is 3.29. The molecule has 2 aromatic rings. The maximum Gasteiger partial charge on any atom is 0.279 e. The summed E-state index contributed by atoms with van der Waals surface area (Å²) >= 11 is 0. The number of nitrogen functional groups attached to an aromatic ring is 1. The van der Waals surface area contributed by atoms with E-state index in [4.69, 9.17) is 20.4 Å². The summed E-state index contributed by atoms with van der Waals surface area (Å²) in [5, 5.41) is 0. The summed E-state index contributed by atoms with van der Waals surface area (Å²) in [6, 6.07) is 0.0473. The summed E-state index contributed by atoms with van der Waals surface area (Å²) in [6.45, 7) is 4.41. The van der Waals surface area contributed by atoms with Gasteiger partial charge in [-0.3, -0.25) is 0 Å². The third-order valence-corrected chi connectivity index (χ3v) is 8.01. The second kappa shape index (κ2) is 8.97. The van der Waals surface area contributed by atoms with Crippen LogP contribution in [0.1, 0.15) is 18.4 Å². The van der Waals surface area contributed by atoms with Gasteiger partial charge in [-0.1, -0.05) is 0 Å². The minimum atomic E-state index is -3.47. The first-order valence-electron chi connectivity index (χ1n) is 11.2. The second-order valence-electron chi connectivity index (χ2n) is 8.41. The van der Waals surface area contributed by atoms with Gasteiger partial charge >= 0.3 is 0 Å². The number of nitrogens with two attached hydrogens (primary N) is 1. The van der Waals surface area contributed by atoms with Gasteiger partial charge in [0.25, 0.3) is 10.2 Å². The van der Waals surface area contributed by atoms with E-state index in [1.165, 1.54) is 11.4 Å². The summed E-state index contributed by atoms with van der Waals surface area (Å²) in [5.74, 6) is 1.73. The average molecular weight is 476 g/mol. The molecule has 2 aromatic heterocycles. The fourth-order valence-electron chi connectivity index (χ4n) is 4.75. The van der Waals surface area contributed by atoms with Crippen LogP contribution in [0.25, 0.3) is 11.3 Å². The van der Waals surface area contributed by atoms with Crippen molar-refractivity contribution in [2.24, 2.45) is 0 Å². The highest BCUT2D eigenvalue weighted by molar-refractivity contribution is 7.87. The molecule has 178 valence electrons. The van der Waals surface area contributed by atoms with Crippen molar-refractivity contribution in [1.29, 1.82) is 0 Å². The molecule has 3 N–H and O–H groups in total. The first-order valence-corrected chi connectivity index (χ1v) is 12.7. The largest absolute Gasteiger partial charge is 0.378 e. The van der Waals surface area contributed by atoms with Gasteiger partial charge in [-0.05, 0) is 19.3 Å². The first kappa shape index (κ1) is 22.2. The van der Waals surface area contributed by atoms with Gasteiger partial charge < -0.3 is 20.3 Å².